The highest BCUT2D eigenvalue weighted by molar-refractivity contribution is 6.31. The van der Waals surface area contributed by atoms with Crippen molar-refractivity contribution in [2.24, 2.45) is 0 Å². The molecule has 0 saturated carbocycles. The summed E-state index contributed by atoms with van der Waals surface area (Å²) in [7, 11) is 0. The normalized spacial score (nSPS) is 10.6. The van der Waals surface area contributed by atoms with Crippen LogP contribution in [-0.4, -0.2) is 5.78 Å². The molecule has 0 aliphatic heterocycles. The molecule has 0 fully saturated rings. The Labute approximate surface area is 114 Å². The van der Waals surface area contributed by atoms with Crippen LogP contribution in [0.5, 0.6) is 0 Å². The van der Waals surface area contributed by atoms with E-state index in [4.69, 9.17) is 11.6 Å². The molecular formula is C15H11ClF2O. The summed E-state index contributed by atoms with van der Waals surface area (Å²) in [5, 5.41) is 0.536. The predicted octanol–water partition coefficient (Wildman–Crippen LogP) is 4.47. The Bertz CT molecular complexity index is 665. The van der Waals surface area contributed by atoms with E-state index >= 15 is 0 Å². The predicted molar refractivity (Wildman–Crippen MR) is 70.7 cm³/mol. The number of carbonyl (C=O) groups is 1. The van der Waals surface area contributed by atoms with Gasteiger partial charge >= 0.3 is 0 Å². The first-order valence-electron chi connectivity index (χ1n) is 5.67. The fourth-order valence-electron chi connectivity index (χ4n) is 1.85. The van der Waals surface area contributed by atoms with Crippen molar-refractivity contribution in [1.82, 2.24) is 0 Å². The number of ketones is 1. The third kappa shape index (κ3) is 2.51. The molecule has 0 heterocycles. The smallest absolute Gasteiger partial charge is 0.196 e. The number of rotatable bonds is 2. The van der Waals surface area contributed by atoms with Gasteiger partial charge in [0, 0.05) is 10.6 Å². The Kier molecular flexibility index (Phi) is 3.67. The Morgan fingerprint density at radius 3 is 2.42 bits per heavy atom. The summed E-state index contributed by atoms with van der Waals surface area (Å²) >= 11 is 5.95. The molecule has 0 spiro atoms. The molecule has 0 atom stereocenters. The van der Waals surface area contributed by atoms with Gasteiger partial charge in [-0.2, -0.15) is 0 Å². The van der Waals surface area contributed by atoms with Gasteiger partial charge < -0.3 is 0 Å². The Balaban J connectivity index is 2.56. The van der Waals surface area contributed by atoms with Gasteiger partial charge in [0.15, 0.2) is 17.4 Å². The minimum atomic E-state index is -1.13. The summed E-state index contributed by atoms with van der Waals surface area (Å²) in [6, 6.07) is 6.78. The average molecular weight is 281 g/mol. The van der Waals surface area contributed by atoms with Crippen LogP contribution in [0.1, 0.15) is 27.0 Å². The zero-order chi connectivity index (χ0) is 14.2. The molecule has 0 radical (unpaired) electrons. The molecule has 4 heteroatoms. The second-order valence-electron chi connectivity index (χ2n) is 4.35. The first-order valence-corrected chi connectivity index (χ1v) is 6.05. The fourth-order valence-corrected chi connectivity index (χ4v) is 2.07. The van der Waals surface area contributed by atoms with E-state index in [0.29, 0.717) is 21.7 Å². The lowest BCUT2D eigenvalue weighted by molar-refractivity contribution is 0.103. The quantitative estimate of drug-likeness (QED) is 0.742. The highest BCUT2D eigenvalue weighted by Crippen LogP contribution is 2.24. The van der Waals surface area contributed by atoms with E-state index in [-0.39, 0.29) is 5.56 Å². The number of benzene rings is 2. The molecule has 2 aromatic rings. The first-order chi connectivity index (χ1) is 8.91. The van der Waals surface area contributed by atoms with Crippen LogP contribution in [0.4, 0.5) is 8.78 Å². The van der Waals surface area contributed by atoms with Gasteiger partial charge in [-0.3, -0.25) is 4.79 Å². The molecule has 98 valence electrons. The van der Waals surface area contributed by atoms with Crippen LogP contribution < -0.4 is 0 Å². The molecule has 2 aromatic carbocycles. The lowest BCUT2D eigenvalue weighted by atomic mass is 9.97. The summed E-state index contributed by atoms with van der Waals surface area (Å²) in [6.45, 7) is 3.45. The molecule has 0 bridgehead atoms. The van der Waals surface area contributed by atoms with Crippen LogP contribution in [0.25, 0.3) is 0 Å². The number of hydrogen-bond acceptors (Lipinski definition) is 1. The van der Waals surface area contributed by atoms with Crippen molar-refractivity contribution in [2.45, 2.75) is 13.8 Å². The molecular weight excluding hydrogens is 270 g/mol. The molecule has 0 amide bonds. The lowest BCUT2D eigenvalue weighted by Crippen LogP contribution is -2.08. The maximum atomic E-state index is 13.6. The summed E-state index contributed by atoms with van der Waals surface area (Å²) < 4.78 is 26.8. The molecule has 2 rings (SSSR count). The van der Waals surface area contributed by atoms with Crippen LogP contribution in [0.2, 0.25) is 5.02 Å². The highest BCUT2D eigenvalue weighted by Gasteiger charge is 2.19. The van der Waals surface area contributed by atoms with Crippen LogP contribution in [0.3, 0.4) is 0 Å². The first kappa shape index (κ1) is 13.7. The molecule has 0 aliphatic rings. The van der Waals surface area contributed by atoms with Gasteiger partial charge in [-0.05, 0) is 49.2 Å². The number of aryl methyl sites for hydroxylation is 2. The summed E-state index contributed by atoms with van der Waals surface area (Å²) in [5.74, 6) is -2.71. The lowest BCUT2D eigenvalue weighted by Gasteiger charge is -2.09. The van der Waals surface area contributed by atoms with E-state index in [1.54, 1.807) is 26.0 Å². The fraction of sp³-hybridized carbons (Fsp3) is 0.133. The number of hydrogen-bond donors (Lipinski definition) is 0. The SMILES string of the molecule is Cc1cc(C(=O)c2cccc(F)c2F)c(C)cc1Cl. The molecule has 0 unspecified atom stereocenters. The Morgan fingerprint density at radius 2 is 1.74 bits per heavy atom. The van der Waals surface area contributed by atoms with Crippen LogP contribution in [0, 0.1) is 25.5 Å². The zero-order valence-electron chi connectivity index (χ0n) is 10.4. The van der Waals surface area contributed by atoms with Gasteiger partial charge in [-0.25, -0.2) is 8.78 Å². The van der Waals surface area contributed by atoms with E-state index in [2.05, 4.69) is 0 Å². The van der Waals surface area contributed by atoms with Crippen LogP contribution >= 0.6 is 11.6 Å². The standard InChI is InChI=1S/C15H11ClF2O/c1-8-7-12(16)9(2)6-11(8)15(19)10-4-3-5-13(17)14(10)18/h3-7H,1-2H3. The molecule has 19 heavy (non-hydrogen) atoms. The second kappa shape index (κ2) is 5.10. The third-order valence-electron chi connectivity index (χ3n) is 2.95. The van der Waals surface area contributed by atoms with Crippen LogP contribution in [-0.2, 0) is 0 Å². The van der Waals surface area contributed by atoms with Crippen molar-refractivity contribution in [3.05, 3.63) is 69.2 Å². The van der Waals surface area contributed by atoms with Crippen molar-refractivity contribution in [3.8, 4) is 0 Å². The topological polar surface area (TPSA) is 17.1 Å². The summed E-state index contributed by atoms with van der Waals surface area (Å²) in [5.41, 5.74) is 1.40. The van der Waals surface area contributed by atoms with Crippen molar-refractivity contribution >= 4 is 17.4 Å². The second-order valence-corrected chi connectivity index (χ2v) is 4.75. The minimum absolute atomic E-state index is 0.273. The number of carbonyl (C=O) groups excluding carboxylic acids is 1. The van der Waals surface area contributed by atoms with Gasteiger partial charge in [0.05, 0.1) is 5.56 Å². The summed E-state index contributed by atoms with van der Waals surface area (Å²) in [6.07, 6.45) is 0. The molecule has 1 nitrogen and oxygen atoms in total. The van der Waals surface area contributed by atoms with Gasteiger partial charge in [0.25, 0.3) is 0 Å². The van der Waals surface area contributed by atoms with Crippen LogP contribution in [0.15, 0.2) is 30.3 Å². The largest absolute Gasteiger partial charge is 0.288 e. The minimum Gasteiger partial charge on any atom is -0.288 e. The Hall–Kier alpha value is -1.74. The van der Waals surface area contributed by atoms with Gasteiger partial charge in [0.1, 0.15) is 0 Å². The van der Waals surface area contributed by atoms with E-state index in [1.807, 2.05) is 0 Å². The molecule has 0 aromatic heterocycles. The maximum Gasteiger partial charge on any atom is 0.196 e. The maximum absolute atomic E-state index is 13.6. The average Bonchev–Trinajstić information content (AvgIpc) is 2.36. The zero-order valence-corrected chi connectivity index (χ0v) is 11.2. The monoisotopic (exact) mass is 280 g/mol. The van der Waals surface area contributed by atoms with Gasteiger partial charge in [0.2, 0.25) is 0 Å². The van der Waals surface area contributed by atoms with Crippen molar-refractivity contribution in [2.75, 3.05) is 0 Å². The van der Waals surface area contributed by atoms with Crippen molar-refractivity contribution in [1.29, 1.82) is 0 Å². The van der Waals surface area contributed by atoms with Gasteiger partial charge in [-0.15, -0.1) is 0 Å². The van der Waals surface area contributed by atoms with E-state index in [9.17, 15) is 13.6 Å². The van der Waals surface area contributed by atoms with E-state index in [0.717, 1.165) is 6.07 Å². The molecule has 0 N–H and O–H groups in total. The highest BCUT2D eigenvalue weighted by atomic mass is 35.5. The molecule has 0 aliphatic carbocycles. The van der Waals surface area contributed by atoms with E-state index in [1.165, 1.54) is 12.1 Å². The van der Waals surface area contributed by atoms with Crippen molar-refractivity contribution in [3.63, 3.8) is 0 Å². The molecule has 0 saturated heterocycles. The van der Waals surface area contributed by atoms with Crippen molar-refractivity contribution < 1.29 is 13.6 Å². The van der Waals surface area contributed by atoms with E-state index < -0.39 is 17.4 Å². The summed E-state index contributed by atoms with van der Waals surface area (Å²) in [4.78, 5) is 12.3. The Morgan fingerprint density at radius 1 is 1.05 bits per heavy atom. The number of halogens is 3. The van der Waals surface area contributed by atoms with Gasteiger partial charge in [-0.1, -0.05) is 17.7 Å². The third-order valence-corrected chi connectivity index (χ3v) is 3.35.